The maximum atomic E-state index is 11.6. The van der Waals surface area contributed by atoms with Gasteiger partial charge in [-0.25, -0.2) is 28.0 Å². The van der Waals surface area contributed by atoms with Crippen LogP contribution in [0.3, 0.4) is 0 Å². The highest BCUT2D eigenvalue weighted by Gasteiger charge is 2.70. The molecule has 2 N–H and O–H groups in total. The van der Waals surface area contributed by atoms with Crippen molar-refractivity contribution in [2.75, 3.05) is 0 Å². The molecule has 0 aromatic carbocycles. The van der Waals surface area contributed by atoms with Gasteiger partial charge in [-0.3, -0.25) is 9.59 Å². The first-order valence-corrected chi connectivity index (χ1v) is 7.47. The number of carboxylic acid groups (broad SMARTS) is 1. The number of aliphatic carboxylic acids is 1. The summed E-state index contributed by atoms with van der Waals surface area (Å²) in [5, 5.41) is 12.0. The van der Waals surface area contributed by atoms with E-state index >= 15 is 0 Å². The van der Waals surface area contributed by atoms with Crippen LogP contribution in [0.15, 0.2) is 0 Å². The lowest BCUT2D eigenvalue weighted by Crippen LogP contribution is -2.64. The fourth-order valence-corrected chi connectivity index (χ4v) is 3.74. The van der Waals surface area contributed by atoms with Gasteiger partial charge in [0.1, 0.15) is 0 Å². The van der Waals surface area contributed by atoms with Crippen LogP contribution in [0.4, 0.5) is 0 Å². The molecular weight excluding hydrogens is 316 g/mol. The first kappa shape index (κ1) is 16.4. The van der Waals surface area contributed by atoms with Crippen LogP contribution in [0.1, 0.15) is 19.8 Å². The summed E-state index contributed by atoms with van der Waals surface area (Å²) in [5.74, 6) is -4.70. The zero-order valence-corrected chi connectivity index (χ0v) is 11.8. The molecule has 2 atom stereocenters. The minimum atomic E-state index is -4.22. The fraction of sp³-hybridized carbons (Fsp3) is 0.625. The van der Waals surface area contributed by atoms with Gasteiger partial charge in [-0.2, -0.15) is 0 Å². The lowest BCUT2D eigenvalue weighted by atomic mass is 10.1. The minimum absolute atomic E-state index is 0.202. The van der Waals surface area contributed by atoms with E-state index in [1.54, 1.807) is 0 Å². The van der Waals surface area contributed by atoms with Gasteiger partial charge in [0.15, 0.2) is 0 Å². The van der Waals surface area contributed by atoms with E-state index in [9.17, 15) is 37.8 Å². The van der Waals surface area contributed by atoms with Crippen LogP contribution in [-0.4, -0.2) is 43.5 Å². The molecule has 1 rings (SSSR count). The molecule has 1 saturated heterocycles. The highest BCUT2D eigenvalue weighted by molar-refractivity contribution is 7.39. The van der Waals surface area contributed by atoms with Crippen molar-refractivity contribution in [2.45, 2.75) is 30.4 Å². The van der Waals surface area contributed by atoms with Gasteiger partial charge < -0.3 is 10.2 Å². The Labute approximate surface area is 112 Å². The van der Waals surface area contributed by atoms with Gasteiger partial charge in [0.05, 0.1) is 0 Å². The molecule has 12 heteroatoms. The van der Waals surface area contributed by atoms with Gasteiger partial charge in [0.25, 0.3) is 5.28 Å². The molecular formula is C8H9NO9P2. The van der Waals surface area contributed by atoms with Crippen molar-refractivity contribution in [2.24, 2.45) is 0 Å². The predicted molar refractivity (Wildman–Crippen MR) is 58.7 cm³/mol. The zero-order valence-electron chi connectivity index (χ0n) is 10.0. The number of likely N-dealkylation sites (tertiary alicyclic amines) is 1. The SMILES string of the molecule is CC(O)(P(=O)=O)C(C(=O)O)(N1C(=O)CCC1=O)P(=O)=O. The highest BCUT2D eigenvalue weighted by Crippen LogP contribution is 2.51. The van der Waals surface area contributed by atoms with E-state index < -0.39 is 56.6 Å². The summed E-state index contributed by atoms with van der Waals surface area (Å²) in [6, 6.07) is 0. The van der Waals surface area contributed by atoms with E-state index in [1.807, 2.05) is 0 Å². The maximum absolute atomic E-state index is 11.6. The molecule has 0 saturated carbocycles. The summed E-state index contributed by atoms with van der Waals surface area (Å²) in [7, 11) is -8.23. The second kappa shape index (κ2) is 5.05. The molecule has 0 radical (unpaired) electrons. The van der Waals surface area contributed by atoms with E-state index in [-0.39, 0.29) is 4.90 Å². The zero-order chi connectivity index (χ0) is 15.9. The molecule has 110 valence electrons. The number of carbonyl (C=O) groups excluding carboxylic acids is 2. The minimum Gasteiger partial charge on any atom is -0.479 e. The van der Waals surface area contributed by atoms with Crippen LogP contribution in [-0.2, 0) is 32.6 Å². The van der Waals surface area contributed by atoms with Gasteiger partial charge in [-0.05, 0) is 6.92 Å². The Kier molecular flexibility index (Phi) is 4.14. The third-order valence-electron chi connectivity index (χ3n) is 2.95. The molecule has 0 aromatic rings. The monoisotopic (exact) mass is 325 g/mol. The second-order valence-electron chi connectivity index (χ2n) is 4.14. The summed E-state index contributed by atoms with van der Waals surface area (Å²) >= 11 is 0. The number of imide groups is 1. The number of aliphatic hydroxyl groups is 1. The second-order valence-corrected chi connectivity index (χ2v) is 6.68. The van der Waals surface area contributed by atoms with Crippen molar-refractivity contribution in [1.29, 1.82) is 0 Å². The average molecular weight is 325 g/mol. The molecule has 1 heterocycles. The van der Waals surface area contributed by atoms with Crippen molar-refractivity contribution < 1.29 is 42.9 Å². The Morgan fingerprint density at radius 3 is 1.75 bits per heavy atom. The molecule has 1 fully saturated rings. The van der Waals surface area contributed by atoms with Gasteiger partial charge in [-0.15, -0.1) is 0 Å². The third kappa shape index (κ3) is 1.96. The molecule has 1 aliphatic rings. The molecule has 0 spiro atoms. The molecule has 0 aliphatic carbocycles. The number of hydrogen-bond acceptors (Lipinski definition) is 8. The van der Waals surface area contributed by atoms with E-state index in [1.165, 1.54) is 0 Å². The Balaban J connectivity index is 3.79. The van der Waals surface area contributed by atoms with Crippen LogP contribution in [0.5, 0.6) is 0 Å². The third-order valence-corrected chi connectivity index (χ3v) is 5.52. The average Bonchev–Trinajstić information content (AvgIpc) is 2.60. The summed E-state index contributed by atoms with van der Waals surface area (Å²) in [6.45, 7) is 0.400. The molecule has 2 unspecified atom stereocenters. The van der Waals surface area contributed by atoms with Crippen LogP contribution in [0.25, 0.3) is 0 Å². The molecule has 20 heavy (non-hydrogen) atoms. The topological polar surface area (TPSA) is 163 Å². The first-order chi connectivity index (χ1) is 9.01. The van der Waals surface area contributed by atoms with Gasteiger partial charge in [-0.1, -0.05) is 0 Å². The van der Waals surface area contributed by atoms with Gasteiger partial charge in [0.2, 0.25) is 17.2 Å². The van der Waals surface area contributed by atoms with Crippen LogP contribution in [0.2, 0.25) is 0 Å². The first-order valence-electron chi connectivity index (χ1n) is 5.12. The molecule has 0 aromatic heterocycles. The number of carbonyl (C=O) groups is 3. The number of rotatable bonds is 5. The molecule has 0 bridgehead atoms. The summed E-state index contributed by atoms with van der Waals surface area (Å²) in [4.78, 5) is 34.3. The van der Waals surface area contributed by atoms with Crippen LogP contribution in [0, 0.1) is 0 Å². The number of hydrogen-bond donors (Lipinski definition) is 2. The number of nitrogens with zero attached hydrogens (tertiary/aromatic N) is 1. The Morgan fingerprint density at radius 2 is 1.50 bits per heavy atom. The molecule has 10 nitrogen and oxygen atoms in total. The molecule has 2 amide bonds. The Morgan fingerprint density at radius 1 is 1.10 bits per heavy atom. The van der Waals surface area contributed by atoms with Crippen molar-refractivity contribution in [1.82, 2.24) is 4.90 Å². The Hall–Kier alpha value is -1.63. The van der Waals surface area contributed by atoms with Crippen molar-refractivity contribution >= 4 is 33.1 Å². The van der Waals surface area contributed by atoms with Crippen LogP contribution < -0.4 is 0 Å². The summed E-state index contributed by atoms with van der Waals surface area (Å²) in [6.07, 6.45) is -0.939. The maximum Gasteiger partial charge on any atom is 0.358 e. The predicted octanol–water partition coefficient (Wildman–Crippen LogP) is -0.0294. The van der Waals surface area contributed by atoms with Crippen LogP contribution >= 0.6 is 15.4 Å². The lowest BCUT2D eigenvalue weighted by molar-refractivity contribution is -0.164. The quantitative estimate of drug-likeness (QED) is 0.521. The van der Waals surface area contributed by atoms with E-state index in [2.05, 4.69) is 0 Å². The van der Waals surface area contributed by atoms with E-state index in [4.69, 9.17) is 5.11 Å². The largest absolute Gasteiger partial charge is 0.479 e. The highest BCUT2D eigenvalue weighted by atomic mass is 31.1. The standard InChI is InChI=1S/C8H9NO9P2/c1-7(14,19(15)16)8(6(12)13,20(17)18)9-4(10)2-3-5(9)11/h14H,2-3H2,1H3,(H,12,13). The van der Waals surface area contributed by atoms with E-state index in [0.29, 0.717) is 6.92 Å². The van der Waals surface area contributed by atoms with Crippen molar-refractivity contribution in [3.05, 3.63) is 0 Å². The number of amides is 2. The van der Waals surface area contributed by atoms with E-state index in [0.717, 1.165) is 0 Å². The smallest absolute Gasteiger partial charge is 0.358 e. The fourth-order valence-electron chi connectivity index (χ4n) is 1.91. The van der Waals surface area contributed by atoms with Gasteiger partial charge in [0, 0.05) is 12.8 Å². The summed E-state index contributed by atoms with van der Waals surface area (Å²) in [5.41, 5.74) is 0. The summed E-state index contributed by atoms with van der Waals surface area (Å²) < 4.78 is 44.9. The molecule has 1 aliphatic heterocycles. The van der Waals surface area contributed by atoms with Crippen molar-refractivity contribution in [3.8, 4) is 0 Å². The number of carboxylic acids is 1. The lowest BCUT2D eigenvalue weighted by Gasteiger charge is -2.36. The normalized spacial score (nSPS) is 21.2. The van der Waals surface area contributed by atoms with Crippen molar-refractivity contribution in [3.63, 3.8) is 0 Å². The Bertz CT molecular complexity index is 600. The van der Waals surface area contributed by atoms with Gasteiger partial charge >= 0.3 is 21.3 Å².